The molecule has 24 heavy (non-hydrogen) atoms. The summed E-state index contributed by atoms with van der Waals surface area (Å²) in [4.78, 5) is 12.3. The number of hydrogen-bond donors (Lipinski definition) is 1. The maximum atomic E-state index is 12.3. The summed E-state index contributed by atoms with van der Waals surface area (Å²) in [5.41, 5.74) is 0.778. The maximum absolute atomic E-state index is 12.3. The molecule has 3 aromatic rings. The van der Waals surface area contributed by atoms with Crippen molar-refractivity contribution >= 4 is 29.1 Å². The Morgan fingerprint density at radius 3 is 3.00 bits per heavy atom. The molecule has 1 aliphatic rings. The first-order chi connectivity index (χ1) is 11.8. The zero-order valence-electron chi connectivity index (χ0n) is 13.1. The number of thioether (sulfide) groups is 1. The normalized spacial score (nSPS) is 15.2. The van der Waals surface area contributed by atoms with E-state index in [1.165, 1.54) is 24.6 Å². The van der Waals surface area contributed by atoms with E-state index in [0.717, 1.165) is 24.3 Å². The molecule has 1 N–H and O–H groups in total. The molecule has 7 nitrogen and oxygen atoms in total. The van der Waals surface area contributed by atoms with Gasteiger partial charge in [0.25, 0.3) is 0 Å². The van der Waals surface area contributed by atoms with Crippen molar-refractivity contribution in [3.05, 3.63) is 36.7 Å². The number of aromatic nitrogens is 5. The van der Waals surface area contributed by atoms with Gasteiger partial charge in [-0.15, -0.1) is 10.2 Å². The molecular formula is C16H18N6OS. The van der Waals surface area contributed by atoms with Crippen molar-refractivity contribution in [3.63, 3.8) is 0 Å². The predicted octanol–water partition coefficient (Wildman–Crippen LogP) is 2.77. The van der Waals surface area contributed by atoms with Crippen LogP contribution in [-0.2, 0) is 4.79 Å². The van der Waals surface area contributed by atoms with E-state index in [4.69, 9.17) is 0 Å². The highest BCUT2D eigenvalue weighted by Gasteiger charge is 2.20. The summed E-state index contributed by atoms with van der Waals surface area (Å²) in [6, 6.07) is 7.98. The summed E-state index contributed by atoms with van der Waals surface area (Å²) >= 11 is 1.37. The van der Waals surface area contributed by atoms with Crippen LogP contribution in [0.5, 0.6) is 0 Å². The van der Waals surface area contributed by atoms with Gasteiger partial charge < -0.3 is 5.32 Å². The van der Waals surface area contributed by atoms with Crippen molar-refractivity contribution in [2.45, 2.75) is 36.9 Å². The van der Waals surface area contributed by atoms with Gasteiger partial charge in [-0.05, 0) is 25.0 Å². The molecule has 0 spiro atoms. The van der Waals surface area contributed by atoms with Gasteiger partial charge in [0.2, 0.25) is 5.91 Å². The molecule has 0 aromatic carbocycles. The van der Waals surface area contributed by atoms with Crippen LogP contribution in [0.3, 0.4) is 0 Å². The van der Waals surface area contributed by atoms with E-state index >= 15 is 0 Å². The molecule has 0 atom stereocenters. The first kappa shape index (κ1) is 15.2. The summed E-state index contributed by atoms with van der Waals surface area (Å²) in [5.74, 6) is 0.997. The summed E-state index contributed by atoms with van der Waals surface area (Å²) in [5, 5.41) is 16.3. The number of hydrogen-bond acceptors (Lipinski definition) is 5. The molecule has 0 aliphatic heterocycles. The summed E-state index contributed by atoms with van der Waals surface area (Å²) < 4.78 is 3.82. The number of carbonyl (C=O) groups is 1. The second-order valence-electron chi connectivity index (χ2n) is 5.85. The Morgan fingerprint density at radius 2 is 2.12 bits per heavy atom. The molecule has 124 valence electrons. The third-order valence-corrected chi connectivity index (χ3v) is 5.17. The third-order valence-electron chi connectivity index (χ3n) is 4.22. The first-order valence-electron chi connectivity index (χ1n) is 8.07. The van der Waals surface area contributed by atoms with Crippen LogP contribution in [0.15, 0.2) is 41.8 Å². The van der Waals surface area contributed by atoms with Gasteiger partial charge in [0.1, 0.15) is 5.82 Å². The maximum Gasteiger partial charge on any atom is 0.235 e. The second kappa shape index (κ2) is 6.64. The summed E-state index contributed by atoms with van der Waals surface area (Å²) in [6.45, 7) is 0. The van der Waals surface area contributed by atoms with E-state index in [1.54, 1.807) is 6.20 Å². The van der Waals surface area contributed by atoms with E-state index in [1.807, 2.05) is 39.5 Å². The second-order valence-corrected chi connectivity index (χ2v) is 6.79. The fraction of sp³-hybridized carbons (Fsp3) is 0.375. The Labute approximate surface area is 143 Å². The molecule has 1 fully saturated rings. The number of fused-ring (bicyclic) bond motifs is 1. The van der Waals surface area contributed by atoms with Crippen molar-refractivity contribution in [1.82, 2.24) is 24.4 Å². The van der Waals surface area contributed by atoms with Crippen LogP contribution in [0.25, 0.3) is 5.65 Å². The number of nitrogens with one attached hydrogen (secondary N) is 1. The van der Waals surface area contributed by atoms with Crippen molar-refractivity contribution in [2.75, 3.05) is 11.1 Å². The highest BCUT2D eigenvalue weighted by molar-refractivity contribution is 7.99. The lowest BCUT2D eigenvalue weighted by Crippen LogP contribution is -2.19. The SMILES string of the molecule is O=C(CSc1nnc2ccccn12)Nc1ccnn1C1CCCC1. The minimum Gasteiger partial charge on any atom is -0.310 e. The lowest BCUT2D eigenvalue weighted by atomic mass is 10.2. The fourth-order valence-corrected chi connectivity index (χ4v) is 3.80. The highest BCUT2D eigenvalue weighted by atomic mass is 32.2. The number of nitrogens with zero attached hydrogens (tertiary/aromatic N) is 5. The van der Waals surface area contributed by atoms with Crippen molar-refractivity contribution in [2.24, 2.45) is 0 Å². The minimum atomic E-state index is -0.0626. The van der Waals surface area contributed by atoms with Gasteiger partial charge in [0.15, 0.2) is 10.8 Å². The van der Waals surface area contributed by atoms with Crippen LogP contribution >= 0.6 is 11.8 Å². The van der Waals surface area contributed by atoms with Gasteiger partial charge in [-0.25, -0.2) is 4.68 Å². The fourth-order valence-electron chi connectivity index (χ4n) is 3.08. The predicted molar refractivity (Wildman–Crippen MR) is 92.1 cm³/mol. The van der Waals surface area contributed by atoms with Gasteiger partial charge >= 0.3 is 0 Å². The van der Waals surface area contributed by atoms with Crippen molar-refractivity contribution < 1.29 is 4.79 Å². The number of rotatable bonds is 5. The molecule has 1 amide bonds. The van der Waals surface area contributed by atoms with Crippen LogP contribution in [0, 0.1) is 0 Å². The van der Waals surface area contributed by atoms with Crippen LogP contribution < -0.4 is 5.32 Å². The van der Waals surface area contributed by atoms with E-state index < -0.39 is 0 Å². The van der Waals surface area contributed by atoms with Gasteiger partial charge in [0, 0.05) is 12.3 Å². The minimum absolute atomic E-state index is 0.0626. The van der Waals surface area contributed by atoms with E-state index in [0.29, 0.717) is 11.2 Å². The summed E-state index contributed by atoms with van der Waals surface area (Å²) in [6.07, 6.45) is 8.36. The molecule has 0 radical (unpaired) electrons. The standard InChI is InChI=1S/C16H18N6OS/c23-15(11-24-16-20-19-14-7-3-4-10-21(14)16)18-13-8-9-17-22(13)12-5-1-2-6-12/h3-4,7-10,12H,1-2,5-6,11H2,(H,18,23). The topological polar surface area (TPSA) is 77.1 Å². The smallest absolute Gasteiger partial charge is 0.235 e. The number of carbonyl (C=O) groups excluding carboxylic acids is 1. The van der Waals surface area contributed by atoms with Gasteiger partial charge in [0.05, 0.1) is 18.0 Å². The van der Waals surface area contributed by atoms with Crippen LogP contribution in [-0.4, -0.2) is 36.0 Å². The molecule has 3 aromatic heterocycles. The van der Waals surface area contributed by atoms with Gasteiger partial charge in [-0.2, -0.15) is 5.10 Å². The molecule has 4 rings (SSSR count). The largest absolute Gasteiger partial charge is 0.310 e. The lowest BCUT2D eigenvalue weighted by molar-refractivity contribution is -0.113. The molecule has 0 saturated heterocycles. The van der Waals surface area contributed by atoms with Crippen molar-refractivity contribution in [1.29, 1.82) is 0 Å². The number of anilines is 1. The molecule has 1 aliphatic carbocycles. The number of pyridine rings is 1. The number of amides is 1. The molecule has 0 bridgehead atoms. The molecule has 3 heterocycles. The van der Waals surface area contributed by atoms with Crippen molar-refractivity contribution in [3.8, 4) is 0 Å². The average Bonchev–Trinajstić information content (AvgIpc) is 3.33. The van der Waals surface area contributed by atoms with Gasteiger partial charge in [-0.3, -0.25) is 9.20 Å². The monoisotopic (exact) mass is 342 g/mol. The Balaban J connectivity index is 1.40. The average molecular weight is 342 g/mol. The Bertz CT molecular complexity index is 851. The van der Waals surface area contributed by atoms with E-state index in [2.05, 4.69) is 20.6 Å². The summed E-state index contributed by atoms with van der Waals surface area (Å²) in [7, 11) is 0. The molecule has 8 heteroatoms. The van der Waals surface area contributed by atoms with Crippen LogP contribution in [0.1, 0.15) is 31.7 Å². The quantitative estimate of drug-likeness (QED) is 0.722. The van der Waals surface area contributed by atoms with Crippen LogP contribution in [0.2, 0.25) is 0 Å². The third kappa shape index (κ3) is 3.01. The first-order valence-corrected chi connectivity index (χ1v) is 9.06. The highest BCUT2D eigenvalue weighted by Crippen LogP contribution is 2.31. The Kier molecular flexibility index (Phi) is 4.20. The Hall–Kier alpha value is -2.35. The van der Waals surface area contributed by atoms with E-state index in [9.17, 15) is 4.79 Å². The molecule has 0 unspecified atom stereocenters. The molecule has 1 saturated carbocycles. The Morgan fingerprint density at radius 1 is 1.25 bits per heavy atom. The van der Waals surface area contributed by atoms with E-state index in [-0.39, 0.29) is 11.7 Å². The van der Waals surface area contributed by atoms with Crippen LogP contribution in [0.4, 0.5) is 5.82 Å². The van der Waals surface area contributed by atoms with Gasteiger partial charge in [-0.1, -0.05) is 30.7 Å². The lowest BCUT2D eigenvalue weighted by Gasteiger charge is -2.14. The molecular weight excluding hydrogens is 324 g/mol. The zero-order chi connectivity index (χ0) is 16.4. The zero-order valence-corrected chi connectivity index (χ0v) is 13.9.